The van der Waals surface area contributed by atoms with Crippen molar-refractivity contribution in [1.29, 1.82) is 0 Å². The topological polar surface area (TPSA) is 46.6 Å². The van der Waals surface area contributed by atoms with Crippen LogP contribution in [-0.4, -0.2) is 28.7 Å². The Kier molecular flexibility index (Phi) is 7.17. The molecule has 1 aliphatic rings. The molecular weight excluding hydrogens is 552 g/mol. The SMILES string of the molecule is C=CCOc1c(I)cc(/C=C2/SC(=O)N([C@H](C)CC)C2=O)cc1I. The van der Waals surface area contributed by atoms with Gasteiger partial charge in [0.05, 0.1) is 12.0 Å². The van der Waals surface area contributed by atoms with E-state index in [1.54, 1.807) is 12.2 Å². The van der Waals surface area contributed by atoms with Gasteiger partial charge in [-0.2, -0.15) is 0 Å². The standard InChI is InChI=1S/C17H17I2NO3S/c1-4-6-23-15-12(18)7-11(8-13(15)19)9-14-16(21)20(10(3)5-2)17(22)24-14/h4,7-10H,1,5-6H2,2-3H3/b14-9+/t10-/m1/s1. The van der Waals surface area contributed by atoms with E-state index >= 15 is 0 Å². The normalized spacial score (nSPS) is 17.5. The maximum Gasteiger partial charge on any atom is 0.293 e. The van der Waals surface area contributed by atoms with Crippen molar-refractivity contribution in [1.82, 2.24) is 4.90 Å². The second kappa shape index (κ2) is 8.70. The van der Waals surface area contributed by atoms with E-state index in [9.17, 15) is 9.59 Å². The summed E-state index contributed by atoms with van der Waals surface area (Å²) in [4.78, 5) is 26.4. The zero-order chi connectivity index (χ0) is 17.9. The van der Waals surface area contributed by atoms with Gasteiger partial charge in [-0.3, -0.25) is 14.5 Å². The Morgan fingerprint density at radius 2 is 1.96 bits per heavy atom. The highest BCUT2D eigenvalue weighted by Crippen LogP contribution is 2.36. The summed E-state index contributed by atoms with van der Waals surface area (Å²) in [5.41, 5.74) is 0.879. The predicted molar refractivity (Wildman–Crippen MR) is 115 cm³/mol. The third-order valence-electron chi connectivity index (χ3n) is 3.52. The molecule has 1 aromatic rings. The number of carbonyl (C=O) groups excluding carboxylic acids is 2. The number of halogens is 2. The highest BCUT2D eigenvalue weighted by Gasteiger charge is 2.37. The molecule has 0 aliphatic carbocycles. The molecule has 2 amide bonds. The number of hydrogen-bond acceptors (Lipinski definition) is 4. The molecular formula is C17H17I2NO3S. The quantitative estimate of drug-likeness (QED) is 0.266. The van der Waals surface area contributed by atoms with Crippen molar-refractivity contribution in [3.8, 4) is 5.75 Å². The average Bonchev–Trinajstić information content (AvgIpc) is 2.80. The second-order valence-electron chi connectivity index (χ2n) is 5.22. The Hall–Kier alpha value is -0.550. The molecule has 1 heterocycles. The van der Waals surface area contributed by atoms with Gasteiger partial charge < -0.3 is 4.74 Å². The van der Waals surface area contributed by atoms with Crippen LogP contribution in [0.2, 0.25) is 0 Å². The summed E-state index contributed by atoms with van der Waals surface area (Å²) in [5, 5.41) is -0.198. The van der Waals surface area contributed by atoms with Crippen LogP contribution in [0.25, 0.3) is 6.08 Å². The van der Waals surface area contributed by atoms with Crippen LogP contribution in [0, 0.1) is 7.14 Å². The average molecular weight is 569 g/mol. The number of rotatable bonds is 6. The van der Waals surface area contributed by atoms with Gasteiger partial charge in [0.25, 0.3) is 11.1 Å². The first-order valence-corrected chi connectivity index (χ1v) is 10.4. The van der Waals surface area contributed by atoms with Crippen molar-refractivity contribution >= 4 is 74.2 Å². The molecule has 128 valence electrons. The molecule has 1 atom stereocenters. The van der Waals surface area contributed by atoms with Crippen LogP contribution in [0.15, 0.2) is 29.7 Å². The van der Waals surface area contributed by atoms with E-state index in [-0.39, 0.29) is 17.2 Å². The zero-order valence-corrected chi connectivity index (χ0v) is 18.5. The van der Waals surface area contributed by atoms with Crippen LogP contribution in [-0.2, 0) is 4.79 Å². The van der Waals surface area contributed by atoms with E-state index in [1.165, 1.54) is 4.90 Å². The van der Waals surface area contributed by atoms with Crippen LogP contribution >= 0.6 is 56.9 Å². The van der Waals surface area contributed by atoms with Gasteiger partial charge >= 0.3 is 0 Å². The van der Waals surface area contributed by atoms with Crippen molar-refractivity contribution in [2.75, 3.05) is 6.61 Å². The minimum Gasteiger partial charge on any atom is -0.487 e. The fourth-order valence-corrected chi connectivity index (χ4v) is 5.19. The van der Waals surface area contributed by atoms with Gasteiger partial charge in [0.1, 0.15) is 12.4 Å². The Labute approximate surface area is 173 Å². The van der Waals surface area contributed by atoms with E-state index in [0.717, 1.165) is 36.6 Å². The van der Waals surface area contributed by atoms with Gasteiger partial charge in [-0.25, -0.2) is 0 Å². The Balaban J connectivity index is 2.30. The number of nitrogens with zero attached hydrogens (tertiary/aromatic N) is 1. The first-order valence-electron chi connectivity index (χ1n) is 7.38. The summed E-state index contributed by atoms with van der Waals surface area (Å²) in [6.45, 7) is 7.94. The van der Waals surface area contributed by atoms with E-state index in [2.05, 4.69) is 51.8 Å². The van der Waals surface area contributed by atoms with Crippen LogP contribution in [0.1, 0.15) is 25.8 Å². The van der Waals surface area contributed by atoms with Gasteiger partial charge in [-0.1, -0.05) is 19.6 Å². The third-order valence-corrected chi connectivity index (χ3v) is 6.01. The molecule has 7 heteroatoms. The summed E-state index contributed by atoms with van der Waals surface area (Å²) < 4.78 is 7.56. The molecule has 0 N–H and O–H groups in total. The molecule has 24 heavy (non-hydrogen) atoms. The lowest BCUT2D eigenvalue weighted by Crippen LogP contribution is -2.36. The monoisotopic (exact) mass is 569 g/mol. The van der Waals surface area contributed by atoms with Crippen molar-refractivity contribution in [3.05, 3.63) is 42.4 Å². The number of amides is 2. The molecule has 4 nitrogen and oxygen atoms in total. The summed E-state index contributed by atoms with van der Waals surface area (Å²) in [5.74, 6) is 0.595. The molecule has 1 fully saturated rings. The lowest BCUT2D eigenvalue weighted by molar-refractivity contribution is -0.124. The molecule has 0 radical (unpaired) electrons. The van der Waals surface area contributed by atoms with Gasteiger partial charge in [0.15, 0.2) is 0 Å². The smallest absolute Gasteiger partial charge is 0.293 e. The van der Waals surface area contributed by atoms with E-state index in [0.29, 0.717) is 11.5 Å². The van der Waals surface area contributed by atoms with Crippen LogP contribution < -0.4 is 4.74 Å². The Morgan fingerprint density at radius 3 is 2.50 bits per heavy atom. The summed E-state index contributed by atoms with van der Waals surface area (Å²) in [7, 11) is 0. The largest absolute Gasteiger partial charge is 0.487 e. The maximum atomic E-state index is 12.5. The van der Waals surface area contributed by atoms with Gasteiger partial charge in [0, 0.05) is 6.04 Å². The van der Waals surface area contributed by atoms with Gasteiger partial charge in [-0.05, 0) is 94.1 Å². The first kappa shape index (κ1) is 19.8. The molecule has 0 bridgehead atoms. The zero-order valence-electron chi connectivity index (χ0n) is 13.3. The molecule has 2 rings (SSSR count). The number of benzene rings is 1. The number of hydrogen-bond donors (Lipinski definition) is 0. The number of ether oxygens (including phenoxy) is 1. The van der Waals surface area contributed by atoms with Crippen molar-refractivity contribution in [2.45, 2.75) is 26.3 Å². The van der Waals surface area contributed by atoms with Crippen molar-refractivity contribution in [2.24, 2.45) is 0 Å². The molecule has 0 spiro atoms. The lowest BCUT2D eigenvalue weighted by atomic mass is 10.2. The van der Waals surface area contributed by atoms with Crippen molar-refractivity contribution in [3.63, 3.8) is 0 Å². The fourth-order valence-electron chi connectivity index (χ4n) is 2.14. The minimum absolute atomic E-state index is 0.0849. The predicted octanol–water partition coefficient (Wildman–Crippen LogP) is 5.30. The Bertz CT molecular complexity index is 695. The summed E-state index contributed by atoms with van der Waals surface area (Å²) in [6.07, 6.45) is 4.22. The summed E-state index contributed by atoms with van der Waals surface area (Å²) >= 11 is 5.41. The molecule has 0 saturated carbocycles. The highest BCUT2D eigenvalue weighted by atomic mass is 127. The molecule has 1 saturated heterocycles. The van der Waals surface area contributed by atoms with Crippen LogP contribution in [0.4, 0.5) is 4.79 Å². The van der Waals surface area contributed by atoms with E-state index in [4.69, 9.17) is 4.74 Å². The van der Waals surface area contributed by atoms with Crippen molar-refractivity contribution < 1.29 is 14.3 Å². The minimum atomic E-state index is -0.212. The Morgan fingerprint density at radius 1 is 1.33 bits per heavy atom. The fraction of sp³-hybridized carbons (Fsp3) is 0.294. The second-order valence-corrected chi connectivity index (χ2v) is 8.54. The van der Waals surface area contributed by atoms with Gasteiger partial charge in [-0.15, -0.1) is 0 Å². The third kappa shape index (κ3) is 4.34. The molecule has 1 aromatic carbocycles. The number of imide groups is 1. The van der Waals surface area contributed by atoms with Crippen LogP contribution in [0.5, 0.6) is 5.75 Å². The lowest BCUT2D eigenvalue weighted by Gasteiger charge is -2.19. The van der Waals surface area contributed by atoms with Gasteiger partial charge in [0.2, 0.25) is 0 Å². The first-order chi connectivity index (χ1) is 11.4. The van der Waals surface area contributed by atoms with Crippen LogP contribution in [0.3, 0.4) is 0 Å². The van der Waals surface area contributed by atoms with E-state index in [1.807, 2.05) is 26.0 Å². The number of carbonyl (C=O) groups is 2. The highest BCUT2D eigenvalue weighted by molar-refractivity contribution is 14.1. The van der Waals surface area contributed by atoms with E-state index < -0.39 is 0 Å². The molecule has 1 aliphatic heterocycles. The molecule has 0 aromatic heterocycles. The number of thioether (sulfide) groups is 1. The molecule has 0 unspecified atom stereocenters. The maximum absolute atomic E-state index is 12.5. The summed E-state index contributed by atoms with van der Waals surface area (Å²) in [6, 6.07) is 3.80.